The molecule has 3 aromatic carbocycles. The fourth-order valence-corrected chi connectivity index (χ4v) is 3.26. The average Bonchev–Trinajstić information content (AvgIpc) is 2.77. The van der Waals surface area contributed by atoms with E-state index in [-0.39, 0.29) is 5.84 Å². The van der Waals surface area contributed by atoms with Gasteiger partial charge in [-0.05, 0) is 45.9 Å². The van der Waals surface area contributed by atoms with Gasteiger partial charge in [-0.15, -0.1) is 0 Å². The Bertz CT molecular complexity index is 986. The summed E-state index contributed by atoms with van der Waals surface area (Å²) in [6.07, 6.45) is 4.33. The van der Waals surface area contributed by atoms with Gasteiger partial charge >= 0.3 is 0 Å². The third kappa shape index (κ3) is 4.57. The lowest BCUT2D eigenvalue weighted by Gasteiger charge is -2.16. The Morgan fingerprint density at radius 3 is 1.89 bits per heavy atom. The predicted molar refractivity (Wildman–Crippen MR) is 118 cm³/mol. The molecule has 0 aromatic heterocycles. The zero-order valence-corrected chi connectivity index (χ0v) is 15.9. The highest BCUT2D eigenvalue weighted by Crippen LogP contribution is 2.34. The minimum Gasteiger partial charge on any atom is -0.409 e. The van der Waals surface area contributed by atoms with Crippen molar-refractivity contribution < 1.29 is 5.21 Å². The second kappa shape index (κ2) is 9.38. The topological polar surface area (TPSA) is 58.6 Å². The quantitative estimate of drug-likeness (QED) is 0.189. The monoisotopic (exact) mass is 368 g/mol. The summed E-state index contributed by atoms with van der Waals surface area (Å²) < 4.78 is 0. The minimum absolute atomic E-state index is 0.0753. The van der Waals surface area contributed by atoms with E-state index >= 15 is 0 Å². The molecule has 0 atom stereocenters. The van der Waals surface area contributed by atoms with E-state index in [0.717, 1.165) is 17.5 Å². The van der Waals surface area contributed by atoms with Gasteiger partial charge in [-0.25, -0.2) is 0 Å². The van der Waals surface area contributed by atoms with E-state index in [0.29, 0.717) is 0 Å². The van der Waals surface area contributed by atoms with Gasteiger partial charge in [0.15, 0.2) is 5.84 Å². The molecule has 0 aliphatic carbocycles. The number of hydrogen-bond donors (Lipinski definition) is 2. The first kappa shape index (κ1) is 19.2. The molecule has 3 heteroatoms. The molecule has 3 rings (SSSR count). The van der Waals surface area contributed by atoms with Crippen molar-refractivity contribution in [2.75, 3.05) is 0 Å². The van der Waals surface area contributed by atoms with Gasteiger partial charge in [0.05, 0.1) is 0 Å². The van der Waals surface area contributed by atoms with Crippen LogP contribution in [0.1, 0.15) is 35.6 Å². The third-order valence-electron chi connectivity index (χ3n) is 4.60. The summed E-state index contributed by atoms with van der Waals surface area (Å²) in [6.45, 7) is 2.19. The van der Waals surface area contributed by atoms with Crippen LogP contribution < -0.4 is 5.73 Å². The molecule has 0 bridgehead atoms. The Labute approximate surface area is 166 Å². The molecule has 3 N–H and O–H groups in total. The first-order chi connectivity index (χ1) is 13.7. The fraction of sp³-hybridized carbons (Fsp3) is 0.0800. The number of rotatable bonds is 6. The van der Waals surface area contributed by atoms with E-state index in [4.69, 9.17) is 10.9 Å². The molecule has 0 saturated heterocycles. The smallest absolute Gasteiger partial charge is 0.162 e. The second-order valence-corrected chi connectivity index (χ2v) is 6.42. The van der Waals surface area contributed by atoms with Gasteiger partial charge in [-0.3, -0.25) is 0 Å². The molecule has 0 unspecified atom stereocenters. The Morgan fingerprint density at radius 2 is 1.36 bits per heavy atom. The lowest BCUT2D eigenvalue weighted by molar-refractivity contribution is 0.319. The SMILES string of the molecule is CC/C(=C(\c1ccccc1)c1ccc(/C=C/C(N)=N/O)cc1)c1ccccc1. The summed E-state index contributed by atoms with van der Waals surface area (Å²) in [5.74, 6) is 0.0753. The Hall–Kier alpha value is -3.59. The van der Waals surface area contributed by atoms with Crippen LogP contribution in [-0.4, -0.2) is 11.0 Å². The molecule has 0 saturated carbocycles. The highest BCUT2D eigenvalue weighted by atomic mass is 16.4. The van der Waals surface area contributed by atoms with Crippen molar-refractivity contribution in [3.63, 3.8) is 0 Å². The number of nitrogens with two attached hydrogens (primary N) is 1. The largest absolute Gasteiger partial charge is 0.409 e. The number of amidine groups is 1. The molecular formula is C25H24N2O. The first-order valence-corrected chi connectivity index (χ1v) is 9.33. The molecule has 0 fully saturated rings. The van der Waals surface area contributed by atoms with Crippen LogP contribution >= 0.6 is 0 Å². The van der Waals surface area contributed by atoms with Gasteiger partial charge in [-0.2, -0.15) is 0 Å². The van der Waals surface area contributed by atoms with Crippen molar-refractivity contribution in [1.82, 2.24) is 0 Å². The number of hydrogen-bond acceptors (Lipinski definition) is 2. The van der Waals surface area contributed by atoms with Crippen LogP contribution in [0.3, 0.4) is 0 Å². The molecule has 140 valence electrons. The first-order valence-electron chi connectivity index (χ1n) is 9.33. The summed E-state index contributed by atoms with van der Waals surface area (Å²) in [4.78, 5) is 0. The lowest BCUT2D eigenvalue weighted by atomic mass is 9.88. The van der Waals surface area contributed by atoms with Crippen molar-refractivity contribution in [3.8, 4) is 0 Å². The molecule has 0 heterocycles. The minimum atomic E-state index is 0.0753. The van der Waals surface area contributed by atoms with E-state index in [2.05, 4.69) is 72.7 Å². The molecule has 0 aliphatic heterocycles. The number of allylic oxidation sites excluding steroid dienone is 1. The number of benzene rings is 3. The number of oxime groups is 1. The van der Waals surface area contributed by atoms with Crippen LogP contribution in [0.2, 0.25) is 0 Å². The van der Waals surface area contributed by atoms with E-state index in [1.807, 2.05) is 30.3 Å². The second-order valence-electron chi connectivity index (χ2n) is 6.42. The van der Waals surface area contributed by atoms with Crippen LogP contribution in [-0.2, 0) is 0 Å². The van der Waals surface area contributed by atoms with Gasteiger partial charge in [0.1, 0.15) is 0 Å². The normalized spacial score (nSPS) is 12.8. The highest BCUT2D eigenvalue weighted by molar-refractivity contribution is 5.99. The molecule has 0 spiro atoms. The van der Waals surface area contributed by atoms with E-state index in [1.165, 1.54) is 22.3 Å². The molecule has 28 heavy (non-hydrogen) atoms. The van der Waals surface area contributed by atoms with Crippen molar-refractivity contribution in [2.45, 2.75) is 13.3 Å². The van der Waals surface area contributed by atoms with Crippen LogP contribution in [0.4, 0.5) is 0 Å². The third-order valence-corrected chi connectivity index (χ3v) is 4.60. The Morgan fingerprint density at radius 1 is 0.821 bits per heavy atom. The van der Waals surface area contributed by atoms with Crippen molar-refractivity contribution in [2.24, 2.45) is 10.9 Å². The zero-order valence-electron chi connectivity index (χ0n) is 15.9. The molecule has 0 radical (unpaired) electrons. The summed E-state index contributed by atoms with van der Waals surface area (Å²) in [5.41, 5.74) is 12.6. The fourth-order valence-electron chi connectivity index (χ4n) is 3.26. The van der Waals surface area contributed by atoms with Gasteiger partial charge in [0.25, 0.3) is 0 Å². The van der Waals surface area contributed by atoms with Gasteiger partial charge in [0.2, 0.25) is 0 Å². The van der Waals surface area contributed by atoms with Gasteiger partial charge in [-0.1, -0.05) is 103 Å². The van der Waals surface area contributed by atoms with Crippen molar-refractivity contribution in [1.29, 1.82) is 0 Å². The van der Waals surface area contributed by atoms with Crippen LogP contribution in [0.15, 0.2) is 96.2 Å². The summed E-state index contributed by atoms with van der Waals surface area (Å²) >= 11 is 0. The molecule has 0 aliphatic rings. The summed E-state index contributed by atoms with van der Waals surface area (Å²) in [5, 5.41) is 11.6. The predicted octanol–water partition coefficient (Wildman–Crippen LogP) is 5.82. The Balaban J connectivity index is 2.10. The van der Waals surface area contributed by atoms with Gasteiger partial charge in [0, 0.05) is 0 Å². The molecule has 3 aromatic rings. The summed E-state index contributed by atoms with van der Waals surface area (Å²) in [7, 11) is 0. The van der Waals surface area contributed by atoms with E-state index < -0.39 is 0 Å². The maximum atomic E-state index is 8.66. The zero-order chi connectivity index (χ0) is 19.8. The van der Waals surface area contributed by atoms with E-state index in [1.54, 1.807) is 6.08 Å². The van der Waals surface area contributed by atoms with Crippen molar-refractivity contribution >= 4 is 23.1 Å². The van der Waals surface area contributed by atoms with Crippen LogP contribution in [0, 0.1) is 0 Å². The van der Waals surface area contributed by atoms with E-state index in [9.17, 15) is 0 Å². The van der Waals surface area contributed by atoms with Gasteiger partial charge < -0.3 is 10.9 Å². The molecule has 0 amide bonds. The average molecular weight is 368 g/mol. The molecular weight excluding hydrogens is 344 g/mol. The summed E-state index contributed by atoms with van der Waals surface area (Å²) in [6, 6.07) is 29.3. The number of nitrogens with zero attached hydrogens (tertiary/aromatic N) is 1. The standard InChI is InChI=1S/C25H24N2O/c1-2-23(20-9-5-3-6-10-20)25(21-11-7-4-8-12-21)22-16-13-19(14-17-22)15-18-24(26)27-28/h3-18,28H,2H2,1H3,(H2,26,27)/b18-15+,25-23-. The molecule has 3 nitrogen and oxygen atoms in total. The maximum Gasteiger partial charge on any atom is 0.162 e. The van der Waals surface area contributed by atoms with Crippen LogP contribution in [0.5, 0.6) is 0 Å². The van der Waals surface area contributed by atoms with Crippen molar-refractivity contribution in [3.05, 3.63) is 113 Å². The maximum absolute atomic E-state index is 8.66. The Kier molecular flexibility index (Phi) is 6.42. The van der Waals surface area contributed by atoms with Crippen LogP contribution in [0.25, 0.3) is 17.2 Å². The lowest BCUT2D eigenvalue weighted by Crippen LogP contribution is -2.06. The highest BCUT2D eigenvalue weighted by Gasteiger charge is 2.12.